The number of benzene rings is 1. The summed E-state index contributed by atoms with van der Waals surface area (Å²) in [6, 6.07) is 5.61. The van der Waals surface area contributed by atoms with E-state index in [9.17, 15) is 0 Å². The van der Waals surface area contributed by atoms with Crippen molar-refractivity contribution in [2.75, 3.05) is 40.8 Å². The molecule has 112 valence electrons. The van der Waals surface area contributed by atoms with E-state index in [1.54, 1.807) is 0 Å². The van der Waals surface area contributed by atoms with Crippen LogP contribution in [0.2, 0.25) is 0 Å². The lowest BCUT2D eigenvalue weighted by Crippen LogP contribution is -2.54. The average molecular weight is 275 g/mol. The van der Waals surface area contributed by atoms with Gasteiger partial charge in [0, 0.05) is 31.7 Å². The third kappa shape index (κ3) is 3.05. The quantitative estimate of drug-likeness (QED) is 0.911. The van der Waals surface area contributed by atoms with Gasteiger partial charge in [0.05, 0.1) is 0 Å². The van der Waals surface area contributed by atoms with Crippen LogP contribution in [0.15, 0.2) is 12.1 Å². The van der Waals surface area contributed by atoms with Crippen LogP contribution in [0.3, 0.4) is 0 Å². The topological polar surface area (TPSA) is 18.5 Å². The van der Waals surface area contributed by atoms with Crippen molar-refractivity contribution in [1.82, 2.24) is 15.1 Å². The Bertz CT molecular complexity index is 470. The molecule has 2 unspecified atom stereocenters. The highest BCUT2D eigenvalue weighted by molar-refractivity contribution is 5.39. The molecule has 0 saturated carbocycles. The van der Waals surface area contributed by atoms with Gasteiger partial charge in [-0.15, -0.1) is 0 Å². The zero-order valence-electron chi connectivity index (χ0n) is 13.8. The van der Waals surface area contributed by atoms with Gasteiger partial charge >= 0.3 is 0 Å². The Balaban J connectivity index is 2.34. The van der Waals surface area contributed by atoms with Crippen molar-refractivity contribution in [2.45, 2.75) is 32.9 Å². The van der Waals surface area contributed by atoms with E-state index in [0.717, 1.165) is 19.6 Å². The van der Waals surface area contributed by atoms with Gasteiger partial charge in [0.2, 0.25) is 0 Å². The molecule has 1 aromatic carbocycles. The van der Waals surface area contributed by atoms with Gasteiger partial charge in [-0.25, -0.2) is 0 Å². The molecule has 3 heteroatoms. The second kappa shape index (κ2) is 6.25. The lowest BCUT2D eigenvalue weighted by atomic mass is 9.90. The number of rotatable bonds is 3. The largest absolute Gasteiger partial charge is 0.312 e. The van der Waals surface area contributed by atoms with Gasteiger partial charge in [-0.2, -0.15) is 0 Å². The Morgan fingerprint density at radius 3 is 2.35 bits per heavy atom. The molecule has 1 aliphatic heterocycles. The Hall–Kier alpha value is -0.900. The smallest absolute Gasteiger partial charge is 0.0490 e. The fourth-order valence-electron chi connectivity index (χ4n) is 3.28. The molecule has 1 aromatic rings. The summed E-state index contributed by atoms with van der Waals surface area (Å²) >= 11 is 0. The first-order valence-electron chi connectivity index (χ1n) is 7.57. The average Bonchev–Trinajstić information content (AvgIpc) is 2.40. The monoisotopic (exact) mass is 275 g/mol. The van der Waals surface area contributed by atoms with Crippen molar-refractivity contribution in [2.24, 2.45) is 0 Å². The maximum atomic E-state index is 3.56. The Morgan fingerprint density at radius 1 is 1.05 bits per heavy atom. The lowest BCUT2D eigenvalue weighted by Gasteiger charge is -2.42. The predicted molar refractivity (Wildman–Crippen MR) is 86.4 cm³/mol. The zero-order valence-corrected chi connectivity index (χ0v) is 13.8. The molecule has 1 heterocycles. The van der Waals surface area contributed by atoms with Crippen LogP contribution in [0.25, 0.3) is 0 Å². The van der Waals surface area contributed by atoms with Crippen LogP contribution < -0.4 is 5.32 Å². The van der Waals surface area contributed by atoms with Crippen LogP contribution in [0.5, 0.6) is 0 Å². The summed E-state index contributed by atoms with van der Waals surface area (Å²) in [4.78, 5) is 4.93. The van der Waals surface area contributed by atoms with E-state index >= 15 is 0 Å². The van der Waals surface area contributed by atoms with Gasteiger partial charge in [-0.3, -0.25) is 4.90 Å². The lowest BCUT2D eigenvalue weighted by molar-refractivity contribution is 0.0895. The highest BCUT2D eigenvalue weighted by Crippen LogP contribution is 2.27. The molecule has 1 fully saturated rings. The third-order valence-corrected chi connectivity index (χ3v) is 4.81. The maximum Gasteiger partial charge on any atom is 0.0490 e. The second-order valence-corrected chi connectivity index (χ2v) is 6.37. The number of hydrogen-bond donors (Lipinski definition) is 1. The zero-order chi connectivity index (χ0) is 14.9. The molecular formula is C17H29N3. The molecule has 0 bridgehead atoms. The molecular weight excluding hydrogens is 246 g/mol. The molecule has 3 nitrogen and oxygen atoms in total. The summed E-state index contributed by atoms with van der Waals surface area (Å²) in [5.74, 6) is 0. The van der Waals surface area contributed by atoms with Gasteiger partial charge in [0.25, 0.3) is 0 Å². The summed E-state index contributed by atoms with van der Waals surface area (Å²) in [5, 5.41) is 3.56. The van der Waals surface area contributed by atoms with E-state index in [4.69, 9.17) is 0 Å². The van der Waals surface area contributed by atoms with Crippen LogP contribution in [0.4, 0.5) is 0 Å². The molecule has 0 spiro atoms. The van der Waals surface area contributed by atoms with Crippen LogP contribution in [-0.4, -0.2) is 56.6 Å². The second-order valence-electron chi connectivity index (χ2n) is 6.37. The minimum atomic E-state index is 0.391. The van der Waals surface area contributed by atoms with Gasteiger partial charge in [-0.05, 0) is 64.2 Å². The van der Waals surface area contributed by atoms with Crippen molar-refractivity contribution in [1.29, 1.82) is 0 Å². The van der Waals surface area contributed by atoms with Crippen LogP contribution in [0.1, 0.15) is 28.3 Å². The number of nitrogens with one attached hydrogen (secondary N) is 1. The normalized spacial score (nSPS) is 23.0. The minimum Gasteiger partial charge on any atom is -0.312 e. The van der Waals surface area contributed by atoms with Gasteiger partial charge in [0.1, 0.15) is 0 Å². The molecule has 1 aliphatic rings. The van der Waals surface area contributed by atoms with Gasteiger partial charge in [-0.1, -0.05) is 12.1 Å². The summed E-state index contributed by atoms with van der Waals surface area (Å²) in [5.41, 5.74) is 5.62. The first-order chi connectivity index (χ1) is 9.43. The van der Waals surface area contributed by atoms with Crippen molar-refractivity contribution in [3.63, 3.8) is 0 Å². The van der Waals surface area contributed by atoms with E-state index < -0.39 is 0 Å². The third-order valence-electron chi connectivity index (χ3n) is 4.81. The van der Waals surface area contributed by atoms with Crippen molar-refractivity contribution in [3.05, 3.63) is 34.4 Å². The molecule has 0 radical (unpaired) electrons. The summed E-state index contributed by atoms with van der Waals surface area (Å²) in [7, 11) is 6.56. The summed E-state index contributed by atoms with van der Waals surface area (Å²) < 4.78 is 0. The van der Waals surface area contributed by atoms with E-state index in [1.807, 2.05) is 0 Å². The van der Waals surface area contributed by atoms with E-state index in [2.05, 4.69) is 69.2 Å². The molecule has 1 N–H and O–H groups in total. The standard InChI is InChI=1S/C17H29N3/c1-12-9-14(3)15(10-13(12)2)17(18-4)16-11-19(5)7-8-20(16)6/h9-10,16-18H,7-8,11H2,1-6H3. The summed E-state index contributed by atoms with van der Waals surface area (Å²) in [6.07, 6.45) is 0. The molecule has 20 heavy (non-hydrogen) atoms. The number of likely N-dealkylation sites (N-methyl/N-ethyl adjacent to an activating group) is 3. The SMILES string of the molecule is CNC(c1cc(C)c(C)cc1C)C1CN(C)CCN1C. The highest BCUT2D eigenvalue weighted by atomic mass is 15.3. The fraction of sp³-hybridized carbons (Fsp3) is 0.647. The molecule has 0 aliphatic carbocycles. The fourth-order valence-corrected chi connectivity index (χ4v) is 3.28. The van der Waals surface area contributed by atoms with Crippen LogP contribution >= 0.6 is 0 Å². The Kier molecular flexibility index (Phi) is 4.84. The maximum absolute atomic E-state index is 3.56. The van der Waals surface area contributed by atoms with Crippen molar-refractivity contribution >= 4 is 0 Å². The Labute approximate surface area is 124 Å². The number of aryl methyl sites for hydroxylation is 3. The van der Waals surface area contributed by atoms with Crippen LogP contribution in [-0.2, 0) is 0 Å². The molecule has 0 aromatic heterocycles. The van der Waals surface area contributed by atoms with Crippen molar-refractivity contribution in [3.8, 4) is 0 Å². The molecule has 0 amide bonds. The van der Waals surface area contributed by atoms with Crippen molar-refractivity contribution < 1.29 is 0 Å². The first-order valence-corrected chi connectivity index (χ1v) is 7.57. The molecule has 2 atom stereocenters. The van der Waals surface area contributed by atoms with E-state index in [-0.39, 0.29) is 0 Å². The highest BCUT2D eigenvalue weighted by Gasteiger charge is 2.30. The van der Waals surface area contributed by atoms with Gasteiger partial charge in [0.15, 0.2) is 0 Å². The number of piperazine rings is 1. The number of hydrogen-bond acceptors (Lipinski definition) is 3. The van der Waals surface area contributed by atoms with Crippen LogP contribution in [0, 0.1) is 20.8 Å². The van der Waals surface area contributed by atoms with E-state index in [0.29, 0.717) is 12.1 Å². The Morgan fingerprint density at radius 2 is 1.70 bits per heavy atom. The minimum absolute atomic E-state index is 0.391. The first kappa shape index (κ1) is 15.5. The van der Waals surface area contributed by atoms with E-state index in [1.165, 1.54) is 22.3 Å². The molecule has 2 rings (SSSR count). The predicted octanol–water partition coefficient (Wildman–Crippen LogP) is 2.12. The summed E-state index contributed by atoms with van der Waals surface area (Å²) in [6.45, 7) is 10.1. The number of nitrogens with zero attached hydrogens (tertiary/aromatic N) is 2. The molecule has 1 saturated heterocycles. The van der Waals surface area contributed by atoms with Gasteiger partial charge < -0.3 is 10.2 Å².